The van der Waals surface area contributed by atoms with Crippen LogP contribution in [-0.4, -0.2) is 5.91 Å². The summed E-state index contributed by atoms with van der Waals surface area (Å²) in [5.41, 5.74) is 4.43. The third kappa shape index (κ3) is 4.06. The van der Waals surface area contributed by atoms with Crippen molar-refractivity contribution in [1.29, 1.82) is 5.26 Å². The molecule has 2 rings (SSSR count). The Morgan fingerprint density at radius 2 is 1.81 bits per heavy atom. The first kappa shape index (κ1) is 14.6. The molecule has 5 heteroatoms. The van der Waals surface area contributed by atoms with E-state index in [-0.39, 0.29) is 12.3 Å². The first-order valence-electron chi connectivity index (χ1n) is 6.42. The van der Waals surface area contributed by atoms with Gasteiger partial charge in [-0.1, -0.05) is 36.4 Å². The van der Waals surface area contributed by atoms with E-state index in [0.717, 1.165) is 11.1 Å². The number of hydrogen-bond acceptors (Lipinski definition) is 4. The van der Waals surface area contributed by atoms with E-state index in [2.05, 4.69) is 11.5 Å². The second kappa shape index (κ2) is 7.08. The van der Waals surface area contributed by atoms with Crippen molar-refractivity contribution >= 4 is 5.91 Å². The van der Waals surface area contributed by atoms with Crippen molar-refractivity contribution in [2.24, 2.45) is 5.84 Å². The van der Waals surface area contributed by atoms with Crippen LogP contribution in [0.4, 0.5) is 0 Å². The lowest BCUT2D eigenvalue weighted by Gasteiger charge is -2.08. The van der Waals surface area contributed by atoms with Crippen LogP contribution in [0.1, 0.15) is 16.7 Å². The number of carbonyl (C=O) groups excluding carboxylic acids is 1. The Kier molecular flexibility index (Phi) is 4.91. The molecule has 3 N–H and O–H groups in total. The van der Waals surface area contributed by atoms with Gasteiger partial charge in [-0.3, -0.25) is 10.2 Å². The second-order valence-corrected chi connectivity index (χ2v) is 4.46. The van der Waals surface area contributed by atoms with Crippen LogP contribution in [0.15, 0.2) is 48.5 Å². The zero-order valence-corrected chi connectivity index (χ0v) is 11.4. The highest BCUT2D eigenvalue weighted by molar-refractivity contribution is 5.77. The quantitative estimate of drug-likeness (QED) is 0.495. The van der Waals surface area contributed by atoms with Crippen LogP contribution in [-0.2, 0) is 17.8 Å². The second-order valence-electron chi connectivity index (χ2n) is 4.46. The number of nitrogens with two attached hydrogens (primary N) is 1. The normalized spacial score (nSPS) is 9.71. The maximum Gasteiger partial charge on any atom is 0.238 e. The van der Waals surface area contributed by atoms with Crippen LogP contribution in [0.25, 0.3) is 0 Å². The van der Waals surface area contributed by atoms with Gasteiger partial charge in [-0.05, 0) is 23.3 Å². The number of hydrogen-bond donors (Lipinski definition) is 2. The fourth-order valence-electron chi connectivity index (χ4n) is 1.84. The van der Waals surface area contributed by atoms with E-state index >= 15 is 0 Å². The van der Waals surface area contributed by atoms with E-state index in [1.54, 1.807) is 18.2 Å². The minimum Gasteiger partial charge on any atom is -0.488 e. The predicted octanol–water partition coefficient (Wildman–Crippen LogP) is 1.67. The molecule has 0 heterocycles. The molecule has 5 nitrogen and oxygen atoms in total. The lowest BCUT2D eigenvalue weighted by Crippen LogP contribution is -2.31. The van der Waals surface area contributed by atoms with Crippen LogP contribution >= 0.6 is 0 Å². The first-order chi connectivity index (χ1) is 10.2. The molecule has 21 heavy (non-hydrogen) atoms. The van der Waals surface area contributed by atoms with Crippen molar-refractivity contribution in [3.8, 4) is 11.8 Å². The van der Waals surface area contributed by atoms with Gasteiger partial charge in [-0.25, -0.2) is 5.84 Å². The average Bonchev–Trinajstić information content (AvgIpc) is 2.54. The molecular weight excluding hydrogens is 266 g/mol. The number of nitriles is 1. The summed E-state index contributed by atoms with van der Waals surface area (Å²) in [5, 5.41) is 8.98. The smallest absolute Gasteiger partial charge is 0.238 e. The zero-order valence-electron chi connectivity index (χ0n) is 11.4. The lowest BCUT2D eigenvalue weighted by atomic mass is 10.1. The molecule has 0 bridgehead atoms. The summed E-state index contributed by atoms with van der Waals surface area (Å²) in [5.74, 6) is 5.37. The number of carbonyl (C=O) groups is 1. The Morgan fingerprint density at radius 3 is 2.48 bits per heavy atom. The molecular formula is C16H15N3O2. The lowest BCUT2D eigenvalue weighted by molar-refractivity contribution is -0.120. The molecule has 0 aliphatic carbocycles. The Hall–Kier alpha value is -2.84. The molecule has 0 spiro atoms. The molecule has 1 amide bonds. The monoisotopic (exact) mass is 281 g/mol. The fourth-order valence-corrected chi connectivity index (χ4v) is 1.84. The number of nitrogens with zero attached hydrogens (tertiary/aromatic N) is 1. The summed E-state index contributed by atoms with van der Waals surface area (Å²) < 4.78 is 5.63. The van der Waals surface area contributed by atoms with Gasteiger partial charge in [-0.2, -0.15) is 5.26 Å². The molecule has 0 fully saturated rings. The van der Waals surface area contributed by atoms with E-state index in [1.165, 1.54) is 0 Å². The molecule has 0 aliphatic heterocycles. The largest absolute Gasteiger partial charge is 0.488 e. The van der Waals surface area contributed by atoms with E-state index in [1.807, 2.05) is 30.3 Å². The van der Waals surface area contributed by atoms with Gasteiger partial charge in [0, 0.05) is 0 Å². The number of ether oxygens (including phenoxy) is 1. The zero-order chi connectivity index (χ0) is 15.1. The number of hydrazine groups is 1. The van der Waals surface area contributed by atoms with Crippen molar-refractivity contribution in [1.82, 2.24) is 5.43 Å². The SMILES string of the molecule is N#Cc1ccccc1OCc1ccc(CC(=O)NN)cc1. The molecule has 106 valence electrons. The highest BCUT2D eigenvalue weighted by atomic mass is 16.5. The van der Waals surface area contributed by atoms with Gasteiger partial charge in [0.25, 0.3) is 0 Å². The Labute approximate surface area is 122 Å². The van der Waals surface area contributed by atoms with Crippen molar-refractivity contribution in [2.45, 2.75) is 13.0 Å². The van der Waals surface area contributed by atoms with Gasteiger partial charge in [0.15, 0.2) is 0 Å². The van der Waals surface area contributed by atoms with Crippen LogP contribution in [0.3, 0.4) is 0 Å². The third-order valence-corrected chi connectivity index (χ3v) is 2.95. The van der Waals surface area contributed by atoms with Crippen LogP contribution in [0.2, 0.25) is 0 Å². The minimum absolute atomic E-state index is 0.234. The summed E-state index contributed by atoms with van der Waals surface area (Å²) in [6.45, 7) is 0.363. The molecule has 0 aromatic heterocycles. The average molecular weight is 281 g/mol. The fraction of sp³-hybridized carbons (Fsp3) is 0.125. The topological polar surface area (TPSA) is 88.1 Å². The van der Waals surface area contributed by atoms with Crippen molar-refractivity contribution in [2.75, 3.05) is 0 Å². The van der Waals surface area contributed by atoms with Gasteiger partial charge in [0.2, 0.25) is 5.91 Å². The Balaban J connectivity index is 1.98. The molecule has 0 saturated carbocycles. The van der Waals surface area contributed by atoms with Gasteiger partial charge >= 0.3 is 0 Å². The molecule has 0 radical (unpaired) electrons. The number of rotatable bonds is 5. The van der Waals surface area contributed by atoms with E-state index in [4.69, 9.17) is 15.8 Å². The summed E-state index contributed by atoms with van der Waals surface area (Å²) in [6, 6.07) is 16.6. The first-order valence-corrected chi connectivity index (χ1v) is 6.42. The molecule has 0 unspecified atom stereocenters. The molecule has 0 aliphatic rings. The minimum atomic E-state index is -0.234. The van der Waals surface area contributed by atoms with Crippen LogP contribution < -0.4 is 16.0 Å². The van der Waals surface area contributed by atoms with Gasteiger partial charge in [-0.15, -0.1) is 0 Å². The summed E-state index contributed by atoms with van der Waals surface area (Å²) in [6.07, 6.45) is 0.245. The number of para-hydroxylation sites is 1. The Bertz CT molecular complexity index is 660. The third-order valence-electron chi connectivity index (χ3n) is 2.95. The molecule has 0 saturated heterocycles. The summed E-state index contributed by atoms with van der Waals surface area (Å²) >= 11 is 0. The molecule has 2 aromatic carbocycles. The van der Waals surface area contributed by atoms with E-state index in [9.17, 15) is 4.79 Å². The molecule has 0 atom stereocenters. The summed E-state index contributed by atoms with van der Waals surface area (Å²) in [7, 11) is 0. The van der Waals surface area contributed by atoms with Gasteiger partial charge in [0.05, 0.1) is 12.0 Å². The van der Waals surface area contributed by atoms with Crippen LogP contribution in [0, 0.1) is 11.3 Å². The number of amides is 1. The Morgan fingerprint density at radius 1 is 1.14 bits per heavy atom. The van der Waals surface area contributed by atoms with Crippen LogP contribution in [0.5, 0.6) is 5.75 Å². The van der Waals surface area contributed by atoms with E-state index < -0.39 is 0 Å². The van der Waals surface area contributed by atoms with Crippen molar-refractivity contribution in [3.63, 3.8) is 0 Å². The maximum absolute atomic E-state index is 11.2. The van der Waals surface area contributed by atoms with Crippen molar-refractivity contribution < 1.29 is 9.53 Å². The predicted molar refractivity (Wildman–Crippen MR) is 78.0 cm³/mol. The van der Waals surface area contributed by atoms with E-state index in [0.29, 0.717) is 17.9 Å². The summed E-state index contributed by atoms with van der Waals surface area (Å²) in [4.78, 5) is 11.2. The highest BCUT2D eigenvalue weighted by Crippen LogP contribution is 2.18. The maximum atomic E-state index is 11.2. The van der Waals surface area contributed by atoms with Crippen molar-refractivity contribution in [3.05, 3.63) is 65.2 Å². The highest BCUT2D eigenvalue weighted by Gasteiger charge is 2.04. The van der Waals surface area contributed by atoms with Gasteiger partial charge in [0.1, 0.15) is 18.4 Å². The standard InChI is InChI=1S/C16H15N3O2/c17-10-14-3-1-2-4-15(14)21-11-13-7-5-12(6-8-13)9-16(20)19-18/h1-8H,9,11,18H2,(H,19,20). The number of benzene rings is 2. The molecule has 2 aromatic rings. The number of nitrogens with one attached hydrogen (secondary N) is 1. The van der Waals surface area contributed by atoms with Gasteiger partial charge < -0.3 is 4.74 Å².